The van der Waals surface area contributed by atoms with Gasteiger partial charge < -0.3 is 10.1 Å². The van der Waals surface area contributed by atoms with Gasteiger partial charge in [-0.25, -0.2) is 0 Å². The lowest BCUT2D eigenvalue weighted by Crippen LogP contribution is -2.43. The van der Waals surface area contributed by atoms with Crippen LogP contribution in [0, 0.1) is 0 Å². The zero-order valence-corrected chi connectivity index (χ0v) is 14.0. The number of nitrogens with one attached hydrogen (secondary N) is 1. The van der Waals surface area contributed by atoms with Gasteiger partial charge in [-0.2, -0.15) is 0 Å². The molecule has 1 fully saturated rings. The predicted molar refractivity (Wildman–Crippen MR) is 88.9 cm³/mol. The molecule has 0 aliphatic carbocycles. The molecule has 1 aliphatic heterocycles. The molecule has 0 aromatic heterocycles. The molecular formula is C18H30N2O. The van der Waals surface area contributed by atoms with Crippen LogP contribution >= 0.6 is 0 Å². The summed E-state index contributed by atoms with van der Waals surface area (Å²) < 4.78 is 5.27. The first kappa shape index (κ1) is 16.3. The fourth-order valence-electron chi connectivity index (χ4n) is 3.16. The highest BCUT2D eigenvalue weighted by atomic mass is 16.5. The molecule has 21 heavy (non-hydrogen) atoms. The Kier molecular flexibility index (Phi) is 5.65. The SMILES string of the molecule is CCCNC(CN1CCCC1(C)C)c1ccc(OC)cc1. The second-order valence-electron chi connectivity index (χ2n) is 6.64. The third-order valence-corrected chi connectivity index (χ3v) is 4.63. The molecule has 0 radical (unpaired) electrons. The molecule has 3 heteroatoms. The summed E-state index contributed by atoms with van der Waals surface area (Å²) in [5.41, 5.74) is 1.69. The smallest absolute Gasteiger partial charge is 0.118 e. The maximum atomic E-state index is 5.27. The Morgan fingerprint density at radius 1 is 1.29 bits per heavy atom. The summed E-state index contributed by atoms with van der Waals surface area (Å²) >= 11 is 0. The van der Waals surface area contributed by atoms with E-state index in [9.17, 15) is 0 Å². The Morgan fingerprint density at radius 3 is 2.52 bits per heavy atom. The van der Waals surface area contributed by atoms with E-state index in [0.29, 0.717) is 11.6 Å². The monoisotopic (exact) mass is 290 g/mol. The van der Waals surface area contributed by atoms with Gasteiger partial charge in [-0.3, -0.25) is 4.90 Å². The zero-order chi connectivity index (χ0) is 15.3. The summed E-state index contributed by atoms with van der Waals surface area (Å²) in [4.78, 5) is 2.63. The average molecular weight is 290 g/mol. The summed E-state index contributed by atoms with van der Waals surface area (Å²) in [6.45, 7) is 10.3. The van der Waals surface area contributed by atoms with Crippen molar-refractivity contribution < 1.29 is 4.74 Å². The van der Waals surface area contributed by atoms with Crippen LogP contribution in [0.15, 0.2) is 24.3 Å². The first-order chi connectivity index (χ1) is 10.1. The molecule has 3 nitrogen and oxygen atoms in total. The molecule has 2 rings (SSSR count). The normalized spacial score (nSPS) is 19.6. The van der Waals surface area contributed by atoms with Crippen molar-refractivity contribution in [1.82, 2.24) is 10.2 Å². The van der Waals surface area contributed by atoms with Crippen LogP contribution in [0.25, 0.3) is 0 Å². The van der Waals surface area contributed by atoms with Crippen LogP contribution in [-0.4, -0.2) is 37.2 Å². The Morgan fingerprint density at radius 2 is 2.00 bits per heavy atom. The van der Waals surface area contributed by atoms with E-state index in [2.05, 4.69) is 55.3 Å². The van der Waals surface area contributed by atoms with Gasteiger partial charge >= 0.3 is 0 Å². The van der Waals surface area contributed by atoms with Crippen LogP contribution in [0.2, 0.25) is 0 Å². The molecule has 1 aromatic carbocycles. The van der Waals surface area contributed by atoms with Crippen LogP contribution < -0.4 is 10.1 Å². The number of hydrogen-bond acceptors (Lipinski definition) is 3. The lowest BCUT2D eigenvalue weighted by molar-refractivity contribution is 0.156. The number of benzene rings is 1. The maximum absolute atomic E-state index is 5.27. The van der Waals surface area contributed by atoms with Gasteiger partial charge in [0, 0.05) is 18.1 Å². The van der Waals surface area contributed by atoms with Crippen molar-refractivity contribution in [2.75, 3.05) is 26.7 Å². The maximum Gasteiger partial charge on any atom is 0.118 e. The van der Waals surface area contributed by atoms with E-state index in [-0.39, 0.29) is 0 Å². The van der Waals surface area contributed by atoms with Crippen molar-refractivity contribution in [2.24, 2.45) is 0 Å². The zero-order valence-electron chi connectivity index (χ0n) is 14.0. The third kappa shape index (κ3) is 4.21. The largest absolute Gasteiger partial charge is 0.497 e. The Bertz CT molecular complexity index is 427. The Balaban J connectivity index is 2.09. The van der Waals surface area contributed by atoms with Crippen LogP contribution in [0.1, 0.15) is 51.6 Å². The van der Waals surface area contributed by atoms with Crippen LogP contribution in [-0.2, 0) is 0 Å². The minimum absolute atomic E-state index is 0.332. The first-order valence-electron chi connectivity index (χ1n) is 8.19. The quantitative estimate of drug-likeness (QED) is 0.830. The first-order valence-corrected chi connectivity index (χ1v) is 8.19. The van der Waals surface area contributed by atoms with Gasteiger partial charge in [-0.15, -0.1) is 0 Å². The van der Waals surface area contributed by atoms with E-state index in [0.717, 1.165) is 25.3 Å². The third-order valence-electron chi connectivity index (χ3n) is 4.63. The van der Waals surface area contributed by atoms with Crippen LogP contribution in [0.5, 0.6) is 5.75 Å². The lowest BCUT2D eigenvalue weighted by Gasteiger charge is -2.35. The molecule has 1 atom stereocenters. The number of rotatable bonds is 7. The van der Waals surface area contributed by atoms with Gasteiger partial charge in [0.15, 0.2) is 0 Å². The van der Waals surface area contributed by atoms with Gasteiger partial charge in [0.25, 0.3) is 0 Å². The molecule has 1 N–H and O–H groups in total. The molecule has 0 spiro atoms. The summed E-state index contributed by atoms with van der Waals surface area (Å²) in [5, 5.41) is 3.71. The molecular weight excluding hydrogens is 260 g/mol. The van der Waals surface area contributed by atoms with Crippen molar-refractivity contribution in [3.8, 4) is 5.75 Å². The van der Waals surface area contributed by atoms with E-state index < -0.39 is 0 Å². The van der Waals surface area contributed by atoms with E-state index >= 15 is 0 Å². The fourth-order valence-corrected chi connectivity index (χ4v) is 3.16. The molecule has 1 saturated heterocycles. The van der Waals surface area contributed by atoms with Gasteiger partial charge in [0.2, 0.25) is 0 Å². The summed E-state index contributed by atoms with van der Waals surface area (Å²) in [6.07, 6.45) is 3.78. The molecule has 0 amide bonds. The standard InChI is InChI=1S/C18H30N2O/c1-5-12-19-17(14-20-13-6-11-18(20,2)3)15-7-9-16(21-4)10-8-15/h7-10,17,19H,5-6,11-14H2,1-4H3. The van der Waals surface area contributed by atoms with Crippen molar-refractivity contribution in [3.63, 3.8) is 0 Å². The minimum Gasteiger partial charge on any atom is -0.497 e. The van der Waals surface area contributed by atoms with Crippen molar-refractivity contribution >= 4 is 0 Å². The van der Waals surface area contributed by atoms with E-state index in [1.165, 1.54) is 24.9 Å². The molecule has 118 valence electrons. The van der Waals surface area contributed by atoms with Gasteiger partial charge in [-0.05, 0) is 63.9 Å². The van der Waals surface area contributed by atoms with Crippen molar-refractivity contribution in [2.45, 2.75) is 51.6 Å². The molecule has 0 saturated carbocycles. The van der Waals surface area contributed by atoms with Crippen LogP contribution in [0.4, 0.5) is 0 Å². The van der Waals surface area contributed by atoms with Crippen molar-refractivity contribution in [3.05, 3.63) is 29.8 Å². The summed E-state index contributed by atoms with van der Waals surface area (Å²) in [5.74, 6) is 0.925. The highest BCUT2D eigenvalue weighted by Gasteiger charge is 2.33. The van der Waals surface area contributed by atoms with E-state index in [4.69, 9.17) is 4.74 Å². The Hall–Kier alpha value is -1.06. The lowest BCUT2D eigenvalue weighted by atomic mass is 10.00. The topological polar surface area (TPSA) is 24.5 Å². The van der Waals surface area contributed by atoms with Gasteiger partial charge in [0.05, 0.1) is 7.11 Å². The predicted octanol–water partition coefficient (Wildman–Crippen LogP) is 3.61. The molecule has 0 bridgehead atoms. The number of ether oxygens (including phenoxy) is 1. The Labute approximate surface area is 129 Å². The second-order valence-corrected chi connectivity index (χ2v) is 6.64. The summed E-state index contributed by atoms with van der Waals surface area (Å²) in [7, 11) is 1.72. The van der Waals surface area contributed by atoms with Gasteiger partial charge in [0.1, 0.15) is 5.75 Å². The summed E-state index contributed by atoms with van der Waals surface area (Å²) in [6, 6.07) is 8.90. The van der Waals surface area contributed by atoms with Gasteiger partial charge in [-0.1, -0.05) is 19.1 Å². The number of methoxy groups -OCH3 is 1. The van der Waals surface area contributed by atoms with E-state index in [1.54, 1.807) is 7.11 Å². The molecule has 1 unspecified atom stereocenters. The molecule has 1 heterocycles. The minimum atomic E-state index is 0.332. The fraction of sp³-hybridized carbons (Fsp3) is 0.667. The molecule has 1 aromatic rings. The van der Waals surface area contributed by atoms with Crippen molar-refractivity contribution in [1.29, 1.82) is 0 Å². The van der Waals surface area contributed by atoms with E-state index in [1.807, 2.05) is 0 Å². The second kappa shape index (κ2) is 7.28. The number of likely N-dealkylation sites (tertiary alicyclic amines) is 1. The van der Waals surface area contributed by atoms with Crippen LogP contribution in [0.3, 0.4) is 0 Å². The highest BCUT2D eigenvalue weighted by Crippen LogP contribution is 2.30. The number of nitrogens with zero attached hydrogens (tertiary/aromatic N) is 1. The highest BCUT2D eigenvalue weighted by molar-refractivity contribution is 5.29. The number of hydrogen-bond donors (Lipinski definition) is 1. The average Bonchev–Trinajstić information content (AvgIpc) is 2.82. The molecule has 1 aliphatic rings.